The van der Waals surface area contributed by atoms with E-state index in [1.165, 1.54) is 5.57 Å². The largest absolute Gasteiger partial charge is 0.455 e. The Bertz CT molecular complexity index is 1360. The first-order chi connectivity index (χ1) is 25.0. The smallest absolute Gasteiger partial charge is 0.334 e. The van der Waals surface area contributed by atoms with Crippen molar-refractivity contribution in [1.82, 2.24) is 16.0 Å². The van der Waals surface area contributed by atoms with Crippen LogP contribution in [-0.4, -0.2) is 79.1 Å². The zero-order chi connectivity index (χ0) is 36.9. The van der Waals surface area contributed by atoms with Crippen LogP contribution in [0.1, 0.15) is 117 Å². The molecular formula is C41H59N3O8. The van der Waals surface area contributed by atoms with Crippen LogP contribution >= 0.6 is 0 Å². The summed E-state index contributed by atoms with van der Waals surface area (Å²) < 4.78 is 23.2. The van der Waals surface area contributed by atoms with Gasteiger partial charge >= 0.3 is 18.0 Å². The number of ether oxygens (including phenoxy) is 4. The van der Waals surface area contributed by atoms with E-state index in [0.717, 1.165) is 102 Å². The van der Waals surface area contributed by atoms with Crippen molar-refractivity contribution in [3.8, 4) is 0 Å². The van der Waals surface area contributed by atoms with Crippen molar-refractivity contribution in [3.05, 3.63) is 47.6 Å². The van der Waals surface area contributed by atoms with Crippen LogP contribution in [0.4, 0.5) is 4.79 Å². The van der Waals surface area contributed by atoms with Gasteiger partial charge in [0.25, 0.3) is 0 Å². The van der Waals surface area contributed by atoms with Gasteiger partial charge in [0.15, 0.2) is 0 Å². The maximum atomic E-state index is 12.6. The maximum absolute atomic E-state index is 12.6. The van der Waals surface area contributed by atoms with Crippen molar-refractivity contribution in [1.29, 1.82) is 0 Å². The van der Waals surface area contributed by atoms with E-state index in [-0.39, 0.29) is 71.3 Å². The van der Waals surface area contributed by atoms with Crippen molar-refractivity contribution < 1.29 is 38.1 Å². The molecule has 0 spiro atoms. The van der Waals surface area contributed by atoms with Crippen molar-refractivity contribution in [2.45, 2.75) is 152 Å². The first-order valence-corrected chi connectivity index (χ1v) is 19.8. The molecule has 0 aromatic carbocycles. The number of carbonyl (C=O) groups is 4. The van der Waals surface area contributed by atoms with Crippen LogP contribution in [-0.2, 0) is 33.3 Å². The number of carbonyl (C=O) groups excluding carboxylic acids is 4. The van der Waals surface area contributed by atoms with Crippen LogP contribution in [0.25, 0.3) is 0 Å². The fourth-order valence-corrected chi connectivity index (χ4v) is 8.61. The van der Waals surface area contributed by atoms with E-state index < -0.39 is 0 Å². The minimum absolute atomic E-state index is 0.0358. The van der Waals surface area contributed by atoms with E-state index in [9.17, 15) is 19.2 Å². The highest BCUT2D eigenvalue weighted by atomic mass is 16.7. The lowest BCUT2D eigenvalue weighted by Gasteiger charge is -2.20. The third-order valence-electron chi connectivity index (χ3n) is 12.2. The van der Waals surface area contributed by atoms with E-state index in [0.29, 0.717) is 37.2 Å². The lowest BCUT2D eigenvalue weighted by atomic mass is 9.84. The van der Waals surface area contributed by atoms with Gasteiger partial charge in [0.2, 0.25) is 5.91 Å². The summed E-state index contributed by atoms with van der Waals surface area (Å²) in [5.74, 6) is -0.623. The Morgan fingerprint density at radius 2 is 1.19 bits per heavy atom. The zero-order valence-electron chi connectivity index (χ0n) is 31.2. The van der Waals surface area contributed by atoms with Gasteiger partial charge in [0.1, 0.15) is 24.4 Å². The molecule has 6 rings (SSSR count). The number of amides is 3. The topological polar surface area (TPSA) is 148 Å². The third-order valence-corrected chi connectivity index (χ3v) is 12.2. The van der Waals surface area contributed by atoms with Crippen molar-refractivity contribution in [2.24, 2.45) is 11.8 Å². The number of hydrogen-bond acceptors (Lipinski definition) is 8. The van der Waals surface area contributed by atoms with E-state index in [4.69, 9.17) is 18.9 Å². The molecule has 4 fully saturated rings. The first-order valence-electron chi connectivity index (χ1n) is 19.8. The van der Waals surface area contributed by atoms with Gasteiger partial charge in [-0.1, -0.05) is 68.6 Å². The van der Waals surface area contributed by atoms with E-state index in [2.05, 4.69) is 55.1 Å². The molecule has 4 heterocycles. The molecule has 0 bridgehead atoms. The summed E-state index contributed by atoms with van der Waals surface area (Å²) in [6, 6.07) is -0.160. The third kappa shape index (κ3) is 9.37. The molecule has 0 aromatic rings. The molecule has 0 saturated carbocycles. The van der Waals surface area contributed by atoms with E-state index in [1.54, 1.807) is 0 Å². The quantitative estimate of drug-likeness (QED) is 0.0648. The summed E-state index contributed by atoms with van der Waals surface area (Å²) in [5.41, 5.74) is 2.90. The predicted octanol–water partition coefficient (Wildman–Crippen LogP) is 6.03. The van der Waals surface area contributed by atoms with Gasteiger partial charge in [-0.05, 0) is 78.1 Å². The molecule has 3 N–H and O–H groups in total. The second-order valence-corrected chi connectivity index (χ2v) is 16.2. The SMILES string of the molecule is C=C1C(=O)O[C@H]2[C@H]1CC/C(CNC(=O)CCCCCCCCCNC(=O)NC/C1=C/CC[C@@]3(C)O[C@H]3[C@H]3OC(=O)C(=C)[C@@H]3CC1)=C\CC[C@@]1(C)O[C@@H]21. The zero-order valence-corrected chi connectivity index (χ0v) is 31.2. The van der Waals surface area contributed by atoms with Crippen LogP contribution in [0.2, 0.25) is 0 Å². The fraction of sp³-hybridized carbons (Fsp3) is 0.707. The van der Waals surface area contributed by atoms with Gasteiger partial charge in [-0.3, -0.25) is 4.79 Å². The summed E-state index contributed by atoms with van der Waals surface area (Å²) in [7, 11) is 0. The van der Waals surface area contributed by atoms with E-state index in [1.807, 2.05) is 0 Å². The summed E-state index contributed by atoms with van der Waals surface area (Å²) >= 11 is 0. The lowest BCUT2D eigenvalue weighted by Crippen LogP contribution is -2.37. The summed E-state index contributed by atoms with van der Waals surface area (Å²) in [5, 5.41) is 9.09. The standard InChI is InChI=1S/C41H59N3O8/c1-26-30-19-17-28(14-12-21-40(3)35(51-40)33(30)49-37(26)46)24-43-32(45)16-10-8-6-5-7-9-11-23-42-39(48)44-25-29-15-13-22-41(4)36(52-41)34-31(20-18-29)27(2)38(47)50-34/h14-15,30-31,33-36H,1-2,5-13,16-25H2,3-4H3,(H,43,45)(H2,42,44,48)/b28-14+,29-15+/t30-,31-,33-,34-,35-,36-,40+,41+/m0/s1. The molecule has 8 atom stereocenters. The number of urea groups is 1. The number of fused-ring (bicyclic) bond motifs is 6. The molecule has 11 heteroatoms. The van der Waals surface area contributed by atoms with Crippen LogP contribution in [0.3, 0.4) is 0 Å². The van der Waals surface area contributed by atoms with Crippen molar-refractivity contribution in [3.63, 3.8) is 0 Å². The minimum atomic E-state index is -0.314. The number of epoxide rings is 2. The summed E-state index contributed by atoms with van der Waals surface area (Å²) in [6.07, 6.45) is 18.1. The highest BCUT2D eigenvalue weighted by Crippen LogP contribution is 2.51. The minimum Gasteiger partial charge on any atom is -0.455 e. The lowest BCUT2D eigenvalue weighted by molar-refractivity contribution is -0.140. The molecule has 2 aliphatic carbocycles. The van der Waals surface area contributed by atoms with Crippen LogP contribution < -0.4 is 16.0 Å². The van der Waals surface area contributed by atoms with Crippen LogP contribution in [0.15, 0.2) is 47.6 Å². The average Bonchev–Trinajstić information content (AvgIpc) is 3.93. The molecule has 52 heavy (non-hydrogen) atoms. The van der Waals surface area contributed by atoms with Gasteiger partial charge < -0.3 is 34.9 Å². The Morgan fingerprint density at radius 1 is 0.712 bits per heavy atom. The van der Waals surface area contributed by atoms with Gasteiger partial charge in [0.05, 0.1) is 11.2 Å². The predicted molar refractivity (Wildman–Crippen MR) is 196 cm³/mol. The number of esters is 2. The molecule has 6 aliphatic rings. The fourth-order valence-electron chi connectivity index (χ4n) is 8.61. The average molecular weight is 722 g/mol. The number of rotatable bonds is 14. The second kappa shape index (κ2) is 16.7. The van der Waals surface area contributed by atoms with Gasteiger partial charge in [-0.25, -0.2) is 14.4 Å². The van der Waals surface area contributed by atoms with Gasteiger partial charge in [-0.2, -0.15) is 0 Å². The Hall–Kier alpha value is -3.44. The number of nitrogens with one attached hydrogen (secondary N) is 3. The monoisotopic (exact) mass is 721 g/mol. The van der Waals surface area contributed by atoms with E-state index >= 15 is 0 Å². The normalized spacial score (nSPS) is 35.9. The molecule has 3 amide bonds. The van der Waals surface area contributed by atoms with Gasteiger partial charge in [0, 0.05) is 49.0 Å². The molecule has 0 aromatic heterocycles. The number of allylic oxidation sites excluding steroid dienone is 2. The highest BCUT2D eigenvalue weighted by molar-refractivity contribution is 5.91. The Labute approximate surface area is 308 Å². The van der Waals surface area contributed by atoms with Gasteiger partial charge in [-0.15, -0.1) is 0 Å². The second-order valence-electron chi connectivity index (χ2n) is 16.2. The molecule has 4 saturated heterocycles. The molecule has 11 nitrogen and oxygen atoms in total. The molecule has 0 unspecified atom stereocenters. The molecule has 0 radical (unpaired) electrons. The van der Waals surface area contributed by atoms with Crippen molar-refractivity contribution >= 4 is 23.9 Å². The molecule has 286 valence electrons. The Kier molecular flexibility index (Phi) is 12.3. The highest BCUT2D eigenvalue weighted by Gasteiger charge is 2.62. The van der Waals surface area contributed by atoms with Crippen LogP contribution in [0.5, 0.6) is 0 Å². The Morgan fingerprint density at radius 3 is 1.73 bits per heavy atom. The molecule has 4 aliphatic heterocycles. The summed E-state index contributed by atoms with van der Waals surface area (Å²) in [4.78, 5) is 49.5. The first kappa shape index (κ1) is 38.3. The summed E-state index contributed by atoms with van der Waals surface area (Å²) in [6.45, 7) is 13.8. The van der Waals surface area contributed by atoms with Crippen molar-refractivity contribution in [2.75, 3.05) is 19.6 Å². The van der Waals surface area contributed by atoms with Crippen LogP contribution in [0, 0.1) is 11.8 Å². The Balaban J connectivity index is 0.779. The maximum Gasteiger partial charge on any atom is 0.334 e. The molecular weight excluding hydrogens is 662 g/mol. The number of hydrogen-bond donors (Lipinski definition) is 3. The number of unbranched alkanes of at least 4 members (excludes halogenated alkanes) is 6.